The summed E-state index contributed by atoms with van der Waals surface area (Å²) in [6.07, 6.45) is 2.26. The molecule has 0 bridgehead atoms. The van der Waals surface area contributed by atoms with E-state index >= 15 is 0 Å². The lowest BCUT2D eigenvalue weighted by Crippen LogP contribution is -2.31. The van der Waals surface area contributed by atoms with Crippen LogP contribution >= 0.6 is 0 Å². The molecule has 0 saturated carbocycles. The van der Waals surface area contributed by atoms with Gasteiger partial charge in [-0.05, 0) is 29.5 Å². The van der Waals surface area contributed by atoms with E-state index in [9.17, 15) is 9.59 Å². The first-order valence-electron chi connectivity index (χ1n) is 8.06. The monoisotopic (exact) mass is 329 g/mol. The maximum atomic E-state index is 12.2. The van der Waals surface area contributed by atoms with E-state index in [1.807, 2.05) is 19.1 Å². The van der Waals surface area contributed by atoms with E-state index < -0.39 is 5.97 Å². The SMILES string of the molecule is CCC(NC(=O)Cn1ccc(C(=O)O)n1)c1ccc(C(C)C)cc1. The molecule has 0 fully saturated rings. The summed E-state index contributed by atoms with van der Waals surface area (Å²) >= 11 is 0. The summed E-state index contributed by atoms with van der Waals surface area (Å²) in [6, 6.07) is 9.55. The van der Waals surface area contributed by atoms with Crippen LogP contribution in [0.2, 0.25) is 0 Å². The number of carbonyl (C=O) groups is 2. The van der Waals surface area contributed by atoms with Gasteiger partial charge >= 0.3 is 5.97 Å². The minimum Gasteiger partial charge on any atom is -0.476 e. The third kappa shape index (κ3) is 4.44. The second kappa shape index (κ2) is 7.77. The van der Waals surface area contributed by atoms with Crippen LogP contribution in [0.3, 0.4) is 0 Å². The summed E-state index contributed by atoms with van der Waals surface area (Å²) in [7, 11) is 0. The minimum absolute atomic E-state index is 0.00609. The molecule has 0 aliphatic heterocycles. The van der Waals surface area contributed by atoms with Crippen LogP contribution in [0.15, 0.2) is 36.5 Å². The number of carbonyl (C=O) groups excluding carboxylic acids is 1. The molecule has 0 aliphatic rings. The molecule has 2 aromatic rings. The predicted molar refractivity (Wildman–Crippen MR) is 90.9 cm³/mol. The van der Waals surface area contributed by atoms with Crippen LogP contribution in [0.25, 0.3) is 0 Å². The average Bonchev–Trinajstić information content (AvgIpc) is 3.01. The fourth-order valence-electron chi connectivity index (χ4n) is 2.49. The third-order valence-electron chi connectivity index (χ3n) is 3.91. The molecule has 1 unspecified atom stereocenters. The number of rotatable bonds is 7. The van der Waals surface area contributed by atoms with Gasteiger partial charge in [-0.3, -0.25) is 9.48 Å². The largest absolute Gasteiger partial charge is 0.476 e. The van der Waals surface area contributed by atoms with E-state index in [2.05, 4.69) is 36.4 Å². The lowest BCUT2D eigenvalue weighted by Gasteiger charge is -2.18. The molecule has 0 radical (unpaired) electrons. The smallest absolute Gasteiger partial charge is 0.356 e. The van der Waals surface area contributed by atoms with Gasteiger partial charge in [0, 0.05) is 6.20 Å². The van der Waals surface area contributed by atoms with E-state index in [-0.39, 0.29) is 24.2 Å². The van der Waals surface area contributed by atoms with Gasteiger partial charge in [-0.25, -0.2) is 4.79 Å². The zero-order chi connectivity index (χ0) is 17.7. The van der Waals surface area contributed by atoms with Gasteiger partial charge < -0.3 is 10.4 Å². The highest BCUT2D eigenvalue weighted by Gasteiger charge is 2.14. The Labute approximate surface area is 141 Å². The van der Waals surface area contributed by atoms with Gasteiger partial charge in [0.25, 0.3) is 0 Å². The molecule has 1 atom stereocenters. The molecule has 6 heteroatoms. The Bertz CT molecular complexity index is 705. The number of aromatic carboxylic acids is 1. The number of carboxylic acid groups (broad SMARTS) is 1. The van der Waals surface area contributed by atoms with Gasteiger partial charge in [-0.15, -0.1) is 0 Å². The highest BCUT2D eigenvalue weighted by Crippen LogP contribution is 2.20. The molecule has 24 heavy (non-hydrogen) atoms. The molecular formula is C18H23N3O3. The first-order chi connectivity index (χ1) is 11.4. The number of amides is 1. The summed E-state index contributed by atoms with van der Waals surface area (Å²) in [6.45, 7) is 6.29. The first kappa shape index (κ1) is 17.7. The highest BCUT2D eigenvalue weighted by molar-refractivity contribution is 5.85. The fourth-order valence-corrected chi connectivity index (χ4v) is 2.49. The van der Waals surface area contributed by atoms with Gasteiger partial charge in [0.15, 0.2) is 5.69 Å². The highest BCUT2D eigenvalue weighted by atomic mass is 16.4. The third-order valence-corrected chi connectivity index (χ3v) is 3.91. The minimum atomic E-state index is -1.11. The maximum Gasteiger partial charge on any atom is 0.356 e. The summed E-state index contributed by atoms with van der Waals surface area (Å²) in [4.78, 5) is 23.0. The first-order valence-corrected chi connectivity index (χ1v) is 8.06. The van der Waals surface area contributed by atoms with Crippen molar-refractivity contribution in [3.05, 3.63) is 53.3 Å². The molecule has 6 nitrogen and oxygen atoms in total. The number of hydrogen-bond acceptors (Lipinski definition) is 3. The Morgan fingerprint density at radius 3 is 2.29 bits per heavy atom. The second-order valence-corrected chi connectivity index (χ2v) is 6.05. The molecule has 1 amide bonds. The van der Waals surface area contributed by atoms with Crippen molar-refractivity contribution in [1.29, 1.82) is 0 Å². The molecule has 2 N–H and O–H groups in total. The van der Waals surface area contributed by atoms with E-state index in [1.54, 1.807) is 0 Å². The topological polar surface area (TPSA) is 84.2 Å². The summed E-state index contributed by atoms with van der Waals surface area (Å²) in [5.74, 6) is -0.836. The fraction of sp³-hybridized carbons (Fsp3) is 0.389. The number of nitrogens with zero attached hydrogens (tertiary/aromatic N) is 2. The zero-order valence-corrected chi connectivity index (χ0v) is 14.2. The van der Waals surface area contributed by atoms with Crippen molar-refractivity contribution < 1.29 is 14.7 Å². The molecule has 1 aromatic carbocycles. The van der Waals surface area contributed by atoms with Crippen LogP contribution in [0.4, 0.5) is 0 Å². The molecule has 1 heterocycles. The van der Waals surface area contributed by atoms with Crippen molar-refractivity contribution in [2.24, 2.45) is 0 Å². The Morgan fingerprint density at radius 1 is 1.17 bits per heavy atom. The van der Waals surface area contributed by atoms with Crippen molar-refractivity contribution in [3.8, 4) is 0 Å². The van der Waals surface area contributed by atoms with Crippen LogP contribution in [0, 0.1) is 0 Å². The van der Waals surface area contributed by atoms with Crippen molar-refractivity contribution in [3.63, 3.8) is 0 Å². The molecular weight excluding hydrogens is 306 g/mol. The van der Waals surface area contributed by atoms with E-state index in [1.165, 1.54) is 22.5 Å². The van der Waals surface area contributed by atoms with Gasteiger partial charge in [0.1, 0.15) is 6.54 Å². The Kier molecular flexibility index (Phi) is 5.73. The van der Waals surface area contributed by atoms with Crippen molar-refractivity contribution in [2.75, 3.05) is 0 Å². The van der Waals surface area contributed by atoms with Gasteiger partial charge in [-0.1, -0.05) is 45.0 Å². The van der Waals surface area contributed by atoms with E-state index in [0.717, 1.165) is 12.0 Å². The summed E-state index contributed by atoms with van der Waals surface area (Å²) in [5.41, 5.74) is 2.25. The van der Waals surface area contributed by atoms with Crippen molar-refractivity contribution >= 4 is 11.9 Å². The van der Waals surface area contributed by atoms with Crippen molar-refractivity contribution in [2.45, 2.75) is 45.7 Å². The summed E-state index contributed by atoms with van der Waals surface area (Å²) < 4.78 is 1.33. The van der Waals surface area contributed by atoms with Crippen LogP contribution in [-0.4, -0.2) is 26.8 Å². The number of nitrogens with one attached hydrogen (secondary N) is 1. The zero-order valence-electron chi connectivity index (χ0n) is 14.2. The lowest BCUT2D eigenvalue weighted by atomic mass is 9.98. The van der Waals surface area contributed by atoms with Crippen molar-refractivity contribution in [1.82, 2.24) is 15.1 Å². The quantitative estimate of drug-likeness (QED) is 0.818. The normalized spacial score (nSPS) is 12.2. The van der Waals surface area contributed by atoms with Gasteiger partial charge in [0.2, 0.25) is 5.91 Å². The Morgan fingerprint density at radius 2 is 1.79 bits per heavy atom. The number of hydrogen-bond donors (Lipinski definition) is 2. The molecule has 0 spiro atoms. The van der Waals surface area contributed by atoms with Crippen LogP contribution in [0.5, 0.6) is 0 Å². The number of benzene rings is 1. The molecule has 1 aromatic heterocycles. The molecule has 0 aliphatic carbocycles. The number of carboxylic acids is 1. The van der Waals surface area contributed by atoms with Gasteiger partial charge in [0.05, 0.1) is 6.04 Å². The molecule has 128 valence electrons. The summed E-state index contributed by atoms with van der Waals surface area (Å²) in [5, 5.41) is 15.7. The van der Waals surface area contributed by atoms with Crippen LogP contribution in [0.1, 0.15) is 60.8 Å². The van der Waals surface area contributed by atoms with Crippen LogP contribution in [-0.2, 0) is 11.3 Å². The molecule has 2 rings (SSSR count). The lowest BCUT2D eigenvalue weighted by molar-refractivity contribution is -0.122. The second-order valence-electron chi connectivity index (χ2n) is 6.05. The average molecular weight is 329 g/mol. The standard InChI is InChI=1S/C18H23N3O3/c1-4-15(14-7-5-13(6-8-14)12(2)3)19-17(22)11-21-10-9-16(20-21)18(23)24/h5-10,12,15H,4,11H2,1-3H3,(H,19,22)(H,23,24). The maximum absolute atomic E-state index is 12.2. The Hall–Kier alpha value is -2.63. The molecule has 0 saturated heterocycles. The Balaban J connectivity index is 2.00. The van der Waals surface area contributed by atoms with Gasteiger partial charge in [-0.2, -0.15) is 5.10 Å². The van der Waals surface area contributed by atoms with E-state index in [0.29, 0.717) is 5.92 Å². The van der Waals surface area contributed by atoms with E-state index in [4.69, 9.17) is 5.11 Å². The van der Waals surface area contributed by atoms with Crippen LogP contribution < -0.4 is 5.32 Å². The number of aromatic nitrogens is 2. The predicted octanol–water partition coefficient (Wildman–Crippen LogP) is 2.97.